The zero-order valence-corrected chi connectivity index (χ0v) is 24.4. The molecule has 5 heterocycles. The second-order valence-corrected chi connectivity index (χ2v) is 13.6. The number of piperidine rings is 2. The van der Waals surface area contributed by atoms with Gasteiger partial charge in [-0.25, -0.2) is 19.6 Å². The fourth-order valence-electron chi connectivity index (χ4n) is 6.64. The maximum Gasteiger partial charge on any atom is 0.410 e. The summed E-state index contributed by atoms with van der Waals surface area (Å²) in [6, 6.07) is 0.471. The second kappa shape index (κ2) is 10.3. The van der Waals surface area contributed by atoms with Gasteiger partial charge in [0.15, 0.2) is 0 Å². The fourth-order valence-corrected chi connectivity index (χ4v) is 6.64. The number of hydrogen-bond donors (Lipinski definition) is 0. The van der Waals surface area contributed by atoms with E-state index < -0.39 is 11.2 Å². The third-order valence-corrected chi connectivity index (χ3v) is 8.14. The minimum absolute atomic E-state index is 0.0319. The summed E-state index contributed by atoms with van der Waals surface area (Å²) < 4.78 is 24.1. The lowest BCUT2D eigenvalue weighted by molar-refractivity contribution is -0.00782. The van der Waals surface area contributed by atoms with Crippen LogP contribution < -0.4 is 9.47 Å². The first-order valence-corrected chi connectivity index (χ1v) is 14.4. The first kappa shape index (κ1) is 27.8. The van der Waals surface area contributed by atoms with E-state index in [1.807, 2.05) is 58.3 Å². The largest absolute Gasteiger partial charge is 0.474 e. The molecule has 1 aromatic rings. The maximum absolute atomic E-state index is 12.8. The highest BCUT2D eigenvalue weighted by atomic mass is 16.6. The third kappa shape index (κ3) is 6.19. The molecule has 39 heavy (non-hydrogen) atoms. The van der Waals surface area contributed by atoms with E-state index in [-0.39, 0.29) is 48.6 Å². The standard InChI is InChI=1S/C29H44N4O6/c1-17-24(36-22-12-18-8-9-19(13-22)32(18)26(34)38-28(2,3)4)30-16-31-25(17)37-23-14-20-10-11-21(15-23)33(20)27(35)39-29(5,6)7/h16,18-23H,8-15H2,1-7H3/t18-,19+,20?,21?,22-,23?. The van der Waals surface area contributed by atoms with E-state index >= 15 is 0 Å². The summed E-state index contributed by atoms with van der Waals surface area (Å²) in [5.41, 5.74) is -0.240. The molecule has 1 aromatic heterocycles. The predicted molar refractivity (Wildman–Crippen MR) is 144 cm³/mol. The highest BCUT2D eigenvalue weighted by molar-refractivity contribution is 5.70. The van der Waals surface area contributed by atoms with Crippen LogP contribution in [-0.4, -0.2) is 79.5 Å². The molecule has 4 aliphatic rings. The highest BCUT2D eigenvalue weighted by Crippen LogP contribution is 2.40. The molecule has 10 heteroatoms. The van der Waals surface area contributed by atoms with E-state index in [4.69, 9.17) is 18.9 Å². The van der Waals surface area contributed by atoms with Gasteiger partial charge >= 0.3 is 12.2 Å². The maximum atomic E-state index is 12.8. The molecule has 4 aliphatic heterocycles. The summed E-state index contributed by atoms with van der Waals surface area (Å²) in [5.74, 6) is 1.06. The van der Waals surface area contributed by atoms with Gasteiger partial charge in [0, 0.05) is 49.9 Å². The fraction of sp³-hybridized carbons (Fsp3) is 0.793. The van der Waals surface area contributed by atoms with Crippen LogP contribution in [0.5, 0.6) is 11.8 Å². The van der Waals surface area contributed by atoms with E-state index in [0.29, 0.717) is 11.8 Å². The number of rotatable bonds is 4. The number of aromatic nitrogens is 2. The smallest absolute Gasteiger partial charge is 0.410 e. The van der Waals surface area contributed by atoms with E-state index in [9.17, 15) is 9.59 Å². The van der Waals surface area contributed by atoms with Gasteiger partial charge in [0.05, 0.1) is 5.56 Å². The van der Waals surface area contributed by atoms with Crippen LogP contribution in [0.3, 0.4) is 0 Å². The molecule has 10 nitrogen and oxygen atoms in total. The van der Waals surface area contributed by atoms with Gasteiger partial charge < -0.3 is 28.7 Å². The number of ether oxygens (including phenoxy) is 4. The Morgan fingerprint density at radius 2 is 1.03 bits per heavy atom. The molecule has 0 saturated carbocycles. The zero-order chi connectivity index (χ0) is 28.1. The molecule has 0 spiro atoms. The van der Waals surface area contributed by atoms with Crippen molar-refractivity contribution in [1.29, 1.82) is 0 Å². The van der Waals surface area contributed by atoms with Crippen molar-refractivity contribution in [2.24, 2.45) is 0 Å². The van der Waals surface area contributed by atoms with Crippen molar-refractivity contribution in [2.45, 2.75) is 147 Å². The number of amides is 2. The van der Waals surface area contributed by atoms with Gasteiger partial charge in [-0.15, -0.1) is 0 Å². The minimum atomic E-state index is -0.510. The molecule has 4 saturated heterocycles. The first-order chi connectivity index (χ1) is 18.3. The van der Waals surface area contributed by atoms with Gasteiger partial charge in [-0.3, -0.25) is 0 Å². The Hall–Kier alpha value is -2.78. The summed E-state index contributed by atoms with van der Waals surface area (Å²) in [6.45, 7) is 13.3. The molecule has 2 amide bonds. The Labute approximate surface area is 231 Å². The van der Waals surface area contributed by atoms with Crippen LogP contribution in [0.15, 0.2) is 6.33 Å². The highest BCUT2D eigenvalue weighted by Gasteiger charge is 2.47. The molecular formula is C29H44N4O6. The van der Waals surface area contributed by atoms with Gasteiger partial charge in [-0.1, -0.05) is 0 Å². The van der Waals surface area contributed by atoms with Crippen LogP contribution >= 0.6 is 0 Å². The van der Waals surface area contributed by atoms with E-state index in [2.05, 4.69) is 9.97 Å². The van der Waals surface area contributed by atoms with Crippen molar-refractivity contribution in [1.82, 2.24) is 19.8 Å². The summed E-state index contributed by atoms with van der Waals surface area (Å²) in [7, 11) is 0. The molecule has 0 aromatic carbocycles. The van der Waals surface area contributed by atoms with Gasteiger partial charge in [-0.2, -0.15) is 0 Å². The molecule has 5 rings (SSSR count). The summed E-state index contributed by atoms with van der Waals surface area (Å²) in [5, 5.41) is 0. The van der Waals surface area contributed by atoms with Crippen LogP contribution in [0.4, 0.5) is 9.59 Å². The third-order valence-electron chi connectivity index (χ3n) is 8.14. The lowest BCUT2D eigenvalue weighted by Gasteiger charge is -2.39. The topological polar surface area (TPSA) is 103 Å². The van der Waals surface area contributed by atoms with Gasteiger partial charge in [0.25, 0.3) is 0 Å². The van der Waals surface area contributed by atoms with Crippen molar-refractivity contribution in [2.75, 3.05) is 0 Å². The summed E-state index contributed by atoms with van der Waals surface area (Å²) in [6.07, 6.45) is 7.83. The van der Waals surface area contributed by atoms with Crippen molar-refractivity contribution in [3.05, 3.63) is 11.9 Å². The Morgan fingerprint density at radius 3 is 1.33 bits per heavy atom. The van der Waals surface area contributed by atoms with Crippen molar-refractivity contribution >= 4 is 12.2 Å². The molecule has 5 atom stereocenters. The zero-order valence-electron chi connectivity index (χ0n) is 24.4. The molecular weight excluding hydrogens is 500 g/mol. The SMILES string of the molecule is Cc1c(OC2CC3CCC(C2)N3C(=O)OC(C)(C)C)ncnc1O[C@@H]1C[C@H]2CC[C@@H](C1)N2C(=O)OC(C)(C)C. The Kier molecular flexibility index (Phi) is 7.35. The van der Waals surface area contributed by atoms with Crippen LogP contribution in [0, 0.1) is 6.92 Å². The number of nitrogens with zero attached hydrogens (tertiary/aromatic N) is 4. The average molecular weight is 545 g/mol. The van der Waals surface area contributed by atoms with Crippen molar-refractivity contribution in [3.8, 4) is 11.8 Å². The Morgan fingerprint density at radius 1 is 0.692 bits per heavy atom. The summed E-state index contributed by atoms with van der Waals surface area (Å²) in [4.78, 5) is 38.3. The number of carbonyl (C=O) groups excluding carboxylic acids is 2. The van der Waals surface area contributed by atoms with Crippen LogP contribution in [0.25, 0.3) is 0 Å². The number of carbonyl (C=O) groups is 2. The quantitative estimate of drug-likeness (QED) is 0.496. The lowest BCUT2D eigenvalue weighted by Crippen LogP contribution is -2.51. The Bertz CT molecular complexity index is 974. The number of fused-ring (bicyclic) bond motifs is 4. The van der Waals surface area contributed by atoms with Crippen molar-refractivity contribution < 1.29 is 28.5 Å². The van der Waals surface area contributed by atoms with Gasteiger partial charge in [-0.05, 0) is 74.1 Å². The Balaban J connectivity index is 1.19. The van der Waals surface area contributed by atoms with Crippen LogP contribution in [0.1, 0.15) is 98.5 Å². The predicted octanol–water partition coefficient (Wildman–Crippen LogP) is 5.40. The number of hydrogen-bond acceptors (Lipinski definition) is 8. The second-order valence-electron chi connectivity index (χ2n) is 13.6. The van der Waals surface area contributed by atoms with Crippen molar-refractivity contribution in [3.63, 3.8) is 0 Å². The van der Waals surface area contributed by atoms with E-state index in [1.54, 1.807) is 0 Å². The molecule has 0 N–H and O–H groups in total. The molecule has 4 fully saturated rings. The molecule has 216 valence electrons. The normalized spacial score (nSPS) is 30.2. The molecule has 4 bridgehead atoms. The first-order valence-electron chi connectivity index (χ1n) is 14.4. The van der Waals surface area contributed by atoms with Gasteiger partial charge in [0.2, 0.25) is 11.8 Å². The minimum Gasteiger partial charge on any atom is -0.474 e. The summed E-state index contributed by atoms with van der Waals surface area (Å²) >= 11 is 0. The van der Waals surface area contributed by atoms with Crippen LogP contribution in [-0.2, 0) is 9.47 Å². The lowest BCUT2D eigenvalue weighted by atomic mass is 10.00. The monoisotopic (exact) mass is 544 g/mol. The van der Waals surface area contributed by atoms with Gasteiger partial charge in [0.1, 0.15) is 29.7 Å². The van der Waals surface area contributed by atoms with E-state index in [0.717, 1.165) is 56.9 Å². The van der Waals surface area contributed by atoms with Crippen LogP contribution in [0.2, 0.25) is 0 Å². The molecule has 2 unspecified atom stereocenters. The molecule has 0 radical (unpaired) electrons. The average Bonchev–Trinajstić information content (AvgIpc) is 3.24. The van der Waals surface area contributed by atoms with E-state index in [1.165, 1.54) is 6.33 Å². The molecule has 0 aliphatic carbocycles.